The first kappa shape index (κ1) is 26.5. The highest BCUT2D eigenvalue weighted by atomic mass is 16.5. The summed E-state index contributed by atoms with van der Waals surface area (Å²) < 4.78 is 11.3. The molecule has 2 aromatic rings. The summed E-state index contributed by atoms with van der Waals surface area (Å²) >= 11 is 0. The molecule has 0 bridgehead atoms. The van der Waals surface area contributed by atoms with E-state index in [9.17, 15) is 14.7 Å². The average molecular weight is 483 g/mol. The van der Waals surface area contributed by atoms with Gasteiger partial charge in [0.05, 0.1) is 31.0 Å². The lowest BCUT2D eigenvalue weighted by molar-refractivity contribution is -0.118. The summed E-state index contributed by atoms with van der Waals surface area (Å²) in [6, 6.07) is 11.2. The maximum Gasteiger partial charge on any atom is 0.257 e. The number of aliphatic hydroxyl groups is 1. The largest absolute Gasteiger partial charge is 0.493 e. The average Bonchev–Trinajstić information content (AvgIpc) is 3.19. The fraction of sp³-hybridized carbons (Fsp3) is 0.500. The van der Waals surface area contributed by atoms with Gasteiger partial charge in [-0.3, -0.25) is 9.59 Å². The monoisotopic (exact) mass is 482 g/mol. The Bertz CT molecular complexity index is 1030. The van der Waals surface area contributed by atoms with E-state index in [1.807, 2.05) is 56.0 Å². The van der Waals surface area contributed by atoms with Gasteiger partial charge in [-0.1, -0.05) is 45.4 Å². The van der Waals surface area contributed by atoms with E-state index < -0.39 is 0 Å². The van der Waals surface area contributed by atoms with E-state index >= 15 is 0 Å². The first-order valence-electron chi connectivity index (χ1n) is 12.5. The Labute approximate surface area is 208 Å². The van der Waals surface area contributed by atoms with Gasteiger partial charge in [0.2, 0.25) is 5.91 Å². The SMILES string of the molecule is CCOc1cc(C(CCC(CC)CO)N2Cc3cccc(NC(=O)C(C)C)c3C2=O)ccc1OC. The Morgan fingerprint density at radius 3 is 2.54 bits per heavy atom. The van der Waals surface area contributed by atoms with Crippen molar-refractivity contribution in [2.45, 2.75) is 59.5 Å². The van der Waals surface area contributed by atoms with Gasteiger partial charge >= 0.3 is 0 Å². The number of amides is 2. The van der Waals surface area contributed by atoms with Crippen LogP contribution in [-0.4, -0.2) is 42.1 Å². The number of carbonyl (C=O) groups excluding carboxylic acids is 2. The smallest absolute Gasteiger partial charge is 0.257 e. The molecule has 1 aliphatic heterocycles. The molecule has 0 aromatic heterocycles. The predicted molar refractivity (Wildman–Crippen MR) is 137 cm³/mol. The van der Waals surface area contributed by atoms with Crippen LogP contribution in [0.15, 0.2) is 36.4 Å². The van der Waals surface area contributed by atoms with Crippen LogP contribution in [0.1, 0.15) is 74.5 Å². The van der Waals surface area contributed by atoms with Gasteiger partial charge in [0.1, 0.15) is 0 Å². The van der Waals surface area contributed by atoms with Crippen molar-refractivity contribution < 1.29 is 24.2 Å². The topological polar surface area (TPSA) is 88.1 Å². The number of carbonyl (C=O) groups is 2. The summed E-state index contributed by atoms with van der Waals surface area (Å²) in [5, 5.41) is 12.7. The summed E-state index contributed by atoms with van der Waals surface area (Å²) in [6.07, 6.45) is 2.35. The number of hydrogen-bond donors (Lipinski definition) is 2. The molecule has 2 N–H and O–H groups in total. The molecule has 0 saturated carbocycles. The second-order valence-electron chi connectivity index (χ2n) is 9.31. The molecule has 1 heterocycles. The van der Waals surface area contributed by atoms with Crippen LogP contribution < -0.4 is 14.8 Å². The molecule has 1 aliphatic rings. The van der Waals surface area contributed by atoms with Crippen LogP contribution in [0.5, 0.6) is 11.5 Å². The quantitative estimate of drug-likeness (QED) is 0.435. The molecule has 0 fully saturated rings. The fourth-order valence-electron chi connectivity index (χ4n) is 4.51. The number of ether oxygens (including phenoxy) is 2. The summed E-state index contributed by atoms with van der Waals surface area (Å²) in [5.41, 5.74) is 2.96. The van der Waals surface area contributed by atoms with E-state index in [4.69, 9.17) is 9.47 Å². The van der Waals surface area contributed by atoms with Crippen molar-refractivity contribution >= 4 is 17.5 Å². The molecule has 2 aromatic carbocycles. The number of anilines is 1. The number of aliphatic hydroxyl groups excluding tert-OH is 1. The van der Waals surface area contributed by atoms with Crippen LogP contribution in [0.2, 0.25) is 0 Å². The van der Waals surface area contributed by atoms with Gasteiger partial charge in [-0.2, -0.15) is 0 Å². The second kappa shape index (κ2) is 12.1. The minimum Gasteiger partial charge on any atom is -0.493 e. The number of fused-ring (bicyclic) bond motifs is 1. The zero-order valence-corrected chi connectivity index (χ0v) is 21.5. The lowest BCUT2D eigenvalue weighted by atomic mass is 9.93. The zero-order valence-electron chi connectivity index (χ0n) is 21.5. The molecule has 2 unspecified atom stereocenters. The van der Waals surface area contributed by atoms with Crippen molar-refractivity contribution in [1.82, 2.24) is 4.90 Å². The Kier molecular flexibility index (Phi) is 9.15. The zero-order chi connectivity index (χ0) is 25.5. The molecule has 0 aliphatic carbocycles. The number of nitrogens with one attached hydrogen (secondary N) is 1. The Balaban J connectivity index is 1.98. The van der Waals surface area contributed by atoms with Crippen LogP contribution in [0.4, 0.5) is 5.69 Å². The number of nitrogens with zero attached hydrogens (tertiary/aromatic N) is 1. The number of methoxy groups -OCH3 is 1. The molecule has 190 valence electrons. The lowest BCUT2D eigenvalue weighted by Crippen LogP contribution is -2.30. The van der Waals surface area contributed by atoms with Crippen molar-refractivity contribution in [3.05, 3.63) is 53.1 Å². The highest BCUT2D eigenvalue weighted by Gasteiger charge is 2.36. The maximum atomic E-state index is 13.8. The molecule has 7 nitrogen and oxygen atoms in total. The molecule has 2 amide bonds. The normalized spacial score (nSPS) is 14.6. The van der Waals surface area contributed by atoms with Crippen molar-refractivity contribution in [2.24, 2.45) is 11.8 Å². The third kappa shape index (κ3) is 5.96. The lowest BCUT2D eigenvalue weighted by Gasteiger charge is -2.30. The van der Waals surface area contributed by atoms with E-state index in [2.05, 4.69) is 12.2 Å². The van der Waals surface area contributed by atoms with Crippen molar-refractivity contribution in [3.63, 3.8) is 0 Å². The second-order valence-corrected chi connectivity index (χ2v) is 9.31. The Hall–Kier alpha value is -3.06. The van der Waals surface area contributed by atoms with Gasteiger partial charge in [0, 0.05) is 19.1 Å². The van der Waals surface area contributed by atoms with E-state index in [1.165, 1.54) is 0 Å². The molecule has 3 rings (SSSR count). The minimum atomic E-state index is -0.214. The predicted octanol–water partition coefficient (Wildman–Crippen LogP) is 5.18. The molecule has 7 heteroatoms. The Morgan fingerprint density at radius 2 is 1.91 bits per heavy atom. The van der Waals surface area contributed by atoms with Gasteiger partial charge in [-0.25, -0.2) is 0 Å². The van der Waals surface area contributed by atoms with Crippen molar-refractivity contribution in [3.8, 4) is 11.5 Å². The maximum absolute atomic E-state index is 13.8. The molecular weight excluding hydrogens is 444 g/mol. The van der Waals surface area contributed by atoms with Crippen LogP contribution >= 0.6 is 0 Å². The van der Waals surface area contributed by atoms with Gasteiger partial charge in [0.15, 0.2) is 11.5 Å². The van der Waals surface area contributed by atoms with E-state index in [0.717, 1.165) is 24.0 Å². The Morgan fingerprint density at radius 1 is 1.14 bits per heavy atom. The van der Waals surface area contributed by atoms with E-state index in [1.54, 1.807) is 13.2 Å². The highest BCUT2D eigenvalue weighted by Crippen LogP contribution is 2.40. The number of rotatable bonds is 12. The van der Waals surface area contributed by atoms with Crippen LogP contribution in [0, 0.1) is 11.8 Å². The third-order valence-corrected chi connectivity index (χ3v) is 6.68. The van der Waals surface area contributed by atoms with Gasteiger partial charge < -0.3 is 24.8 Å². The van der Waals surface area contributed by atoms with Crippen molar-refractivity contribution in [1.29, 1.82) is 0 Å². The van der Waals surface area contributed by atoms with Gasteiger partial charge in [-0.05, 0) is 55.0 Å². The molecule has 0 spiro atoms. The first-order chi connectivity index (χ1) is 16.8. The first-order valence-corrected chi connectivity index (χ1v) is 12.5. The molecule has 0 saturated heterocycles. The number of benzene rings is 2. The van der Waals surface area contributed by atoms with Crippen molar-refractivity contribution in [2.75, 3.05) is 25.6 Å². The van der Waals surface area contributed by atoms with Crippen LogP contribution in [0.3, 0.4) is 0 Å². The van der Waals surface area contributed by atoms with Crippen LogP contribution in [0.25, 0.3) is 0 Å². The standard InChI is InChI=1S/C28H38N2O5/c1-6-19(17-31)11-13-23(20-12-14-24(34-5)25(15-20)35-7-2)30-16-21-9-8-10-22(26(21)28(30)33)29-27(32)18(3)4/h8-10,12,14-15,18-19,23,31H,6-7,11,13,16-17H2,1-5H3,(H,29,32). The van der Waals surface area contributed by atoms with E-state index in [-0.39, 0.29) is 36.3 Å². The highest BCUT2D eigenvalue weighted by molar-refractivity contribution is 6.07. The fourth-order valence-corrected chi connectivity index (χ4v) is 4.51. The van der Waals surface area contributed by atoms with Gasteiger partial charge in [0.25, 0.3) is 5.91 Å². The van der Waals surface area contributed by atoms with E-state index in [0.29, 0.717) is 42.3 Å². The van der Waals surface area contributed by atoms with Crippen LogP contribution in [-0.2, 0) is 11.3 Å². The molecular formula is C28H38N2O5. The summed E-state index contributed by atoms with van der Waals surface area (Å²) in [4.78, 5) is 28.0. The molecule has 35 heavy (non-hydrogen) atoms. The molecule has 2 atom stereocenters. The third-order valence-electron chi connectivity index (χ3n) is 6.68. The minimum absolute atomic E-state index is 0.101. The number of hydrogen-bond acceptors (Lipinski definition) is 5. The van der Waals surface area contributed by atoms with Gasteiger partial charge in [-0.15, -0.1) is 0 Å². The summed E-state index contributed by atoms with van der Waals surface area (Å²) in [6.45, 7) is 8.72. The summed E-state index contributed by atoms with van der Waals surface area (Å²) in [7, 11) is 1.61. The summed E-state index contributed by atoms with van der Waals surface area (Å²) in [5.74, 6) is 1.04. The molecule has 0 radical (unpaired) electrons.